The lowest BCUT2D eigenvalue weighted by Crippen LogP contribution is -2.09. The summed E-state index contributed by atoms with van der Waals surface area (Å²) in [6.45, 7) is 0. The molecule has 3 aromatic rings. The van der Waals surface area contributed by atoms with Crippen LogP contribution in [0.25, 0.3) is 0 Å². The summed E-state index contributed by atoms with van der Waals surface area (Å²) in [6, 6.07) is 21.9. The van der Waals surface area contributed by atoms with Gasteiger partial charge in [-0.05, 0) is 36.4 Å². The molecule has 0 unspecified atom stereocenters. The molecule has 3 rings (SSSR count). The number of hydrogen-bond donors (Lipinski definition) is 3. The molecule has 0 spiro atoms. The first-order valence-corrected chi connectivity index (χ1v) is 7.35. The van der Waals surface area contributed by atoms with Crippen LogP contribution in [0.3, 0.4) is 0 Å². The summed E-state index contributed by atoms with van der Waals surface area (Å²) in [4.78, 5) is 0. The SMILES string of the molecule is Oc1ccc(/C=N/N(c2ccccc2)c2ccccc2)c(O)c1O. The van der Waals surface area contributed by atoms with Gasteiger partial charge >= 0.3 is 0 Å². The van der Waals surface area contributed by atoms with E-state index in [1.807, 2.05) is 60.7 Å². The summed E-state index contributed by atoms with van der Waals surface area (Å²) in [5, 5.41) is 35.1. The lowest BCUT2D eigenvalue weighted by Gasteiger charge is -2.19. The van der Waals surface area contributed by atoms with Crippen molar-refractivity contribution in [3.05, 3.63) is 78.4 Å². The van der Waals surface area contributed by atoms with Gasteiger partial charge in [0.25, 0.3) is 0 Å². The molecule has 0 fully saturated rings. The highest BCUT2D eigenvalue weighted by atomic mass is 16.3. The van der Waals surface area contributed by atoms with Gasteiger partial charge in [-0.15, -0.1) is 0 Å². The van der Waals surface area contributed by atoms with Gasteiger partial charge in [-0.3, -0.25) is 0 Å². The van der Waals surface area contributed by atoms with Crippen LogP contribution in [0.2, 0.25) is 0 Å². The molecular weight excluding hydrogens is 304 g/mol. The van der Waals surface area contributed by atoms with Crippen molar-refractivity contribution in [2.45, 2.75) is 0 Å². The molecule has 0 aromatic heterocycles. The number of nitrogens with zero attached hydrogens (tertiary/aromatic N) is 2. The van der Waals surface area contributed by atoms with E-state index >= 15 is 0 Å². The highest BCUT2D eigenvalue weighted by Gasteiger charge is 2.11. The first kappa shape index (κ1) is 15.4. The van der Waals surface area contributed by atoms with Crippen LogP contribution in [0.1, 0.15) is 5.56 Å². The van der Waals surface area contributed by atoms with Gasteiger partial charge in [0.2, 0.25) is 5.75 Å². The minimum Gasteiger partial charge on any atom is -0.504 e. The van der Waals surface area contributed by atoms with Gasteiger partial charge in [0.15, 0.2) is 11.5 Å². The molecule has 0 amide bonds. The van der Waals surface area contributed by atoms with Crippen molar-refractivity contribution in [2.75, 3.05) is 5.01 Å². The average Bonchev–Trinajstić information content (AvgIpc) is 2.63. The fraction of sp³-hybridized carbons (Fsp3) is 0. The Morgan fingerprint density at radius 1 is 0.667 bits per heavy atom. The minimum absolute atomic E-state index is 0.294. The normalized spacial score (nSPS) is 10.8. The summed E-state index contributed by atoms with van der Waals surface area (Å²) in [5.41, 5.74) is 1.99. The van der Waals surface area contributed by atoms with Crippen molar-refractivity contribution in [1.82, 2.24) is 0 Å². The fourth-order valence-corrected chi connectivity index (χ4v) is 2.23. The van der Waals surface area contributed by atoms with E-state index in [0.717, 1.165) is 11.4 Å². The third kappa shape index (κ3) is 3.15. The summed E-state index contributed by atoms with van der Waals surface area (Å²) in [6.07, 6.45) is 1.43. The summed E-state index contributed by atoms with van der Waals surface area (Å²) in [7, 11) is 0. The van der Waals surface area contributed by atoms with E-state index in [0.29, 0.717) is 5.56 Å². The number of phenolic OH excluding ortho intramolecular Hbond substituents is 3. The number of aromatic hydroxyl groups is 3. The first-order valence-electron chi connectivity index (χ1n) is 7.35. The van der Waals surface area contributed by atoms with Crippen LogP contribution in [0.5, 0.6) is 17.2 Å². The minimum atomic E-state index is -0.565. The van der Waals surface area contributed by atoms with Crippen LogP contribution < -0.4 is 5.01 Å². The van der Waals surface area contributed by atoms with E-state index in [4.69, 9.17) is 0 Å². The van der Waals surface area contributed by atoms with E-state index in [1.165, 1.54) is 18.3 Å². The molecule has 0 radical (unpaired) electrons. The third-order valence-corrected chi connectivity index (χ3v) is 3.47. The number of hydrazone groups is 1. The molecule has 0 bridgehead atoms. The summed E-state index contributed by atoms with van der Waals surface area (Å²) in [5.74, 6) is -1.36. The molecule has 3 aromatic carbocycles. The second-order valence-corrected chi connectivity index (χ2v) is 5.10. The smallest absolute Gasteiger partial charge is 0.200 e. The number of benzene rings is 3. The molecular formula is C19H16N2O3. The summed E-state index contributed by atoms with van der Waals surface area (Å²) < 4.78 is 0. The lowest BCUT2D eigenvalue weighted by atomic mass is 10.2. The van der Waals surface area contributed by atoms with E-state index in [-0.39, 0.29) is 5.75 Å². The van der Waals surface area contributed by atoms with Gasteiger partial charge in [0.05, 0.1) is 17.6 Å². The van der Waals surface area contributed by atoms with E-state index < -0.39 is 11.5 Å². The highest BCUT2D eigenvalue weighted by molar-refractivity contribution is 5.87. The number of anilines is 2. The Morgan fingerprint density at radius 2 is 1.21 bits per heavy atom. The average molecular weight is 320 g/mol. The van der Waals surface area contributed by atoms with E-state index in [2.05, 4.69) is 5.10 Å². The molecule has 0 heterocycles. The molecule has 0 aliphatic carbocycles. The Labute approximate surface area is 139 Å². The van der Waals surface area contributed by atoms with Crippen molar-refractivity contribution >= 4 is 17.6 Å². The predicted octanol–water partition coefficient (Wildman–Crippen LogP) is 3.98. The van der Waals surface area contributed by atoms with Gasteiger partial charge in [0.1, 0.15) is 0 Å². The van der Waals surface area contributed by atoms with Gasteiger partial charge in [-0.2, -0.15) is 5.10 Å². The zero-order valence-electron chi connectivity index (χ0n) is 12.7. The number of hydrogen-bond acceptors (Lipinski definition) is 5. The van der Waals surface area contributed by atoms with Gasteiger partial charge < -0.3 is 15.3 Å². The molecule has 3 N–H and O–H groups in total. The maximum atomic E-state index is 9.91. The number of phenols is 3. The first-order chi connectivity index (χ1) is 11.7. The van der Waals surface area contributed by atoms with E-state index in [1.54, 1.807) is 5.01 Å². The van der Waals surface area contributed by atoms with Crippen LogP contribution in [-0.2, 0) is 0 Å². The van der Waals surface area contributed by atoms with E-state index in [9.17, 15) is 15.3 Å². The van der Waals surface area contributed by atoms with Crippen LogP contribution in [0.4, 0.5) is 11.4 Å². The second kappa shape index (κ2) is 6.75. The number of para-hydroxylation sites is 2. The zero-order chi connectivity index (χ0) is 16.9. The standard InChI is InChI=1S/C19H16N2O3/c22-17-12-11-14(18(23)19(17)24)13-20-21(15-7-3-1-4-8-15)16-9-5-2-6-10-16/h1-13,22-24H/b20-13+. The Morgan fingerprint density at radius 3 is 1.75 bits per heavy atom. The Balaban J connectivity index is 2.00. The second-order valence-electron chi connectivity index (χ2n) is 5.10. The Bertz CT molecular complexity index is 810. The van der Waals surface area contributed by atoms with Crippen molar-refractivity contribution in [3.63, 3.8) is 0 Å². The molecule has 24 heavy (non-hydrogen) atoms. The Kier molecular flexibility index (Phi) is 4.34. The lowest BCUT2D eigenvalue weighted by molar-refractivity contribution is 0.367. The molecule has 5 nitrogen and oxygen atoms in total. The highest BCUT2D eigenvalue weighted by Crippen LogP contribution is 2.36. The maximum Gasteiger partial charge on any atom is 0.200 e. The maximum absolute atomic E-state index is 9.91. The Hall–Kier alpha value is -3.47. The number of rotatable bonds is 4. The van der Waals surface area contributed by atoms with Gasteiger partial charge in [-0.1, -0.05) is 36.4 Å². The van der Waals surface area contributed by atoms with Gasteiger partial charge in [-0.25, -0.2) is 5.01 Å². The van der Waals surface area contributed by atoms with Crippen LogP contribution in [-0.4, -0.2) is 21.5 Å². The zero-order valence-corrected chi connectivity index (χ0v) is 12.7. The van der Waals surface area contributed by atoms with Gasteiger partial charge in [0, 0.05) is 5.56 Å². The quantitative estimate of drug-likeness (QED) is 0.386. The van der Waals surface area contributed by atoms with Crippen LogP contribution in [0.15, 0.2) is 77.9 Å². The predicted molar refractivity (Wildman–Crippen MR) is 94.1 cm³/mol. The van der Waals surface area contributed by atoms with Crippen molar-refractivity contribution < 1.29 is 15.3 Å². The molecule has 0 atom stereocenters. The van der Waals surface area contributed by atoms with Crippen LogP contribution in [0, 0.1) is 0 Å². The summed E-state index contributed by atoms with van der Waals surface area (Å²) >= 11 is 0. The molecule has 120 valence electrons. The molecule has 0 aliphatic heterocycles. The van der Waals surface area contributed by atoms with Crippen molar-refractivity contribution in [2.24, 2.45) is 5.10 Å². The van der Waals surface area contributed by atoms with Crippen LogP contribution >= 0.6 is 0 Å². The molecule has 5 heteroatoms. The fourth-order valence-electron chi connectivity index (χ4n) is 2.23. The topological polar surface area (TPSA) is 76.3 Å². The molecule has 0 saturated heterocycles. The molecule has 0 aliphatic rings. The third-order valence-electron chi connectivity index (χ3n) is 3.47. The molecule has 0 saturated carbocycles. The monoisotopic (exact) mass is 320 g/mol. The van der Waals surface area contributed by atoms with Crippen molar-refractivity contribution in [1.29, 1.82) is 0 Å². The van der Waals surface area contributed by atoms with Crippen molar-refractivity contribution in [3.8, 4) is 17.2 Å². The largest absolute Gasteiger partial charge is 0.504 e.